The number of rotatable bonds is 3. The van der Waals surface area contributed by atoms with Crippen LogP contribution in [0.5, 0.6) is 0 Å². The molecule has 0 aliphatic carbocycles. The summed E-state index contributed by atoms with van der Waals surface area (Å²) in [6, 6.07) is 6.03. The standard InChI is InChI=1S/C14H20N4O2/c1-11-13(3-2-4-14(11)18(19)20)17-7-5-16(6-8-17)12-9-15-10-12/h2-4,12,15H,5-10H2,1H3. The third-order valence-electron chi connectivity index (χ3n) is 4.40. The molecule has 1 aromatic carbocycles. The van der Waals surface area contributed by atoms with E-state index >= 15 is 0 Å². The lowest BCUT2D eigenvalue weighted by Gasteiger charge is -2.44. The Bertz CT molecular complexity index is 508. The Labute approximate surface area is 118 Å². The molecule has 0 atom stereocenters. The van der Waals surface area contributed by atoms with Crippen molar-refractivity contribution in [1.82, 2.24) is 10.2 Å². The molecule has 3 rings (SSSR count). The van der Waals surface area contributed by atoms with Crippen LogP contribution in [0.1, 0.15) is 5.56 Å². The zero-order valence-corrected chi connectivity index (χ0v) is 11.7. The third kappa shape index (κ3) is 2.36. The molecule has 0 bridgehead atoms. The molecule has 0 radical (unpaired) electrons. The first-order chi connectivity index (χ1) is 9.66. The maximum absolute atomic E-state index is 11.0. The zero-order valence-electron chi connectivity index (χ0n) is 11.7. The number of nitrogens with one attached hydrogen (secondary N) is 1. The number of anilines is 1. The SMILES string of the molecule is Cc1c(N2CCN(C3CNC3)CC2)cccc1[N+](=O)[O-]. The van der Waals surface area contributed by atoms with Crippen molar-refractivity contribution in [1.29, 1.82) is 0 Å². The fourth-order valence-electron chi connectivity index (χ4n) is 3.01. The Morgan fingerprint density at radius 2 is 1.95 bits per heavy atom. The molecule has 1 aromatic rings. The van der Waals surface area contributed by atoms with Gasteiger partial charge in [-0.25, -0.2) is 0 Å². The van der Waals surface area contributed by atoms with Crippen LogP contribution in [0.4, 0.5) is 11.4 Å². The first kappa shape index (κ1) is 13.3. The molecule has 1 N–H and O–H groups in total. The second-order valence-corrected chi connectivity index (χ2v) is 5.51. The lowest BCUT2D eigenvalue weighted by atomic mass is 10.1. The Balaban J connectivity index is 1.71. The number of benzene rings is 1. The summed E-state index contributed by atoms with van der Waals surface area (Å²) in [5, 5.41) is 14.3. The van der Waals surface area contributed by atoms with E-state index in [1.165, 1.54) is 0 Å². The number of nitro groups is 1. The number of hydrogen-bond acceptors (Lipinski definition) is 5. The molecule has 0 unspecified atom stereocenters. The summed E-state index contributed by atoms with van der Waals surface area (Å²) in [5.74, 6) is 0. The summed E-state index contributed by atoms with van der Waals surface area (Å²) >= 11 is 0. The molecule has 2 aliphatic rings. The molecule has 108 valence electrons. The van der Waals surface area contributed by atoms with Crippen molar-refractivity contribution in [2.24, 2.45) is 0 Å². The lowest BCUT2D eigenvalue weighted by Crippen LogP contribution is -2.61. The van der Waals surface area contributed by atoms with Crippen LogP contribution in [-0.2, 0) is 0 Å². The van der Waals surface area contributed by atoms with Crippen molar-refractivity contribution in [2.75, 3.05) is 44.2 Å². The zero-order chi connectivity index (χ0) is 14.1. The van der Waals surface area contributed by atoms with Crippen molar-refractivity contribution in [2.45, 2.75) is 13.0 Å². The number of nitrogens with zero attached hydrogens (tertiary/aromatic N) is 3. The van der Waals surface area contributed by atoms with Crippen LogP contribution in [0.3, 0.4) is 0 Å². The molecule has 2 saturated heterocycles. The highest BCUT2D eigenvalue weighted by Crippen LogP contribution is 2.29. The van der Waals surface area contributed by atoms with E-state index in [1.807, 2.05) is 13.0 Å². The van der Waals surface area contributed by atoms with Gasteiger partial charge >= 0.3 is 0 Å². The third-order valence-corrected chi connectivity index (χ3v) is 4.40. The van der Waals surface area contributed by atoms with E-state index in [2.05, 4.69) is 15.1 Å². The van der Waals surface area contributed by atoms with Crippen LogP contribution < -0.4 is 10.2 Å². The normalized spacial score (nSPS) is 20.8. The topological polar surface area (TPSA) is 61.6 Å². The minimum atomic E-state index is -0.297. The second kappa shape index (κ2) is 5.38. The molecule has 0 amide bonds. The lowest BCUT2D eigenvalue weighted by molar-refractivity contribution is -0.385. The summed E-state index contributed by atoms with van der Waals surface area (Å²) in [5.41, 5.74) is 2.00. The Morgan fingerprint density at radius 3 is 2.50 bits per heavy atom. The molecule has 2 aliphatic heterocycles. The highest BCUT2D eigenvalue weighted by Gasteiger charge is 2.28. The van der Waals surface area contributed by atoms with E-state index in [1.54, 1.807) is 12.1 Å². The van der Waals surface area contributed by atoms with Gasteiger partial charge < -0.3 is 10.2 Å². The van der Waals surface area contributed by atoms with Gasteiger partial charge in [0.05, 0.1) is 10.5 Å². The van der Waals surface area contributed by atoms with Gasteiger partial charge in [0.2, 0.25) is 0 Å². The molecule has 2 heterocycles. The van der Waals surface area contributed by atoms with E-state index in [0.29, 0.717) is 6.04 Å². The van der Waals surface area contributed by atoms with Crippen LogP contribution in [0.15, 0.2) is 18.2 Å². The molecule has 0 saturated carbocycles. The predicted octanol–water partition coefficient (Wildman–Crippen LogP) is 0.997. The van der Waals surface area contributed by atoms with Gasteiger partial charge in [-0.3, -0.25) is 15.0 Å². The summed E-state index contributed by atoms with van der Waals surface area (Å²) in [7, 11) is 0. The van der Waals surface area contributed by atoms with Gasteiger partial charge in [0.25, 0.3) is 5.69 Å². The Kier molecular flexibility index (Phi) is 3.58. The minimum absolute atomic E-state index is 0.216. The van der Waals surface area contributed by atoms with E-state index in [4.69, 9.17) is 0 Å². The fraction of sp³-hybridized carbons (Fsp3) is 0.571. The minimum Gasteiger partial charge on any atom is -0.369 e. The maximum Gasteiger partial charge on any atom is 0.274 e. The van der Waals surface area contributed by atoms with E-state index in [-0.39, 0.29) is 10.6 Å². The van der Waals surface area contributed by atoms with Crippen molar-refractivity contribution in [3.63, 3.8) is 0 Å². The Hall–Kier alpha value is -1.66. The first-order valence-corrected chi connectivity index (χ1v) is 7.10. The predicted molar refractivity (Wildman–Crippen MR) is 78.3 cm³/mol. The molecule has 20 heavy (non-hydrogen) atoms. The first-order valence-electron chi connectivity index (χ1n) is 7.10. The molecule has 2 fully saturated rings. The highest BCUT2D eigenvalue weighted by atomic mass is 16.6. The quantitative estimate of drug-likeness (QED) is 0.659. The van der Waals surface area contributed by atoms with Gasteiger partial charge in [-0.1, -0.05) is 6.07 Å². The van der Waals surface area contributed by atoms with Crippen LogP contribution in [0.25, 0.3) is 0 Å². The molecule has 6 nitrogen and oxygen atoms in total. The molecule has 0 aromatic heterocycles. The summed E-state index contributed by atoms with van der Waals surface area (Å²) in [4.78, 5) is 15.5. The maximum atomic E-state index is 11.0. The average molecular weight is 276 g/mol. The van der Waals surface area contributed by atoms with Gasteiger partial charge in [-0.2, -0.15) is 0 Å². The summed E-state index contributed by atoms with van der Waals surface area (Å²) in [6.45, 7) is 7.99. The largest absolute Gasteiger partial charge is 0.369 e. The van der Waals surface area contributed by atoms with Gasteiger partial charge in [-0.05, 0) is 13.0 Å². The van der Waals surface area contributed by atoms with Crippen LogP contribution >= 0.6 is 0 Å². The van der Waals surface area contributed by atoms with E-state index < -0.39 is 0 Å². The van der Waals surface area contributed by atoms with Gasteiger partial charge in [0, 0.05) is 57.1 Å². The van der Waals surface area contributed by atoms with Gasteiger partial charge in [0.1, 0.15) is 0 Å². The average Bonchev–Trinajstić information content (AvgIpc) is 2.38. The van der Waals surface area contributed by atoms with Crippen LogP contribution in [0.2, 0.25) is 0 Å². The van der Waals surface area contributed by atoms with Crippen molar-refractivity contribution < 1.29 is 4.92 Å². The molecular formula is C14H20N4O2. The second-order valence-electron chi connectivity index (χ2n) is 5.51. The van der Waals surface area contributed by atoms with Crippen molar-refractivity contribution in [3.8, 4) is 0 Å². The molecular weight excluding hydrogens is 256 g/mol. The highest BCUT2D eigenvalue weighted by molar-refractivity contribution is 5.61. The number of piperazine rings is 1. The fourth-order valence-corrected chi connectivity index (χ4v) is 3.01. The summed E-state index contributed by atoms with van der Waals surface area (Å²) in [6.07, 6.45) is 0. The van der Waals surface area contributed by atoms with E-state index in [0.717, 1.165) is 50.5 Å². The van der Waals surface area contributed by atoms with Crippen molar-refractivity contribution >= 4 is 11.4 Å². The van der Waals surface area contributed by atoms with Crippen LogP contribution in [-0.4, -0.2) is 55.1 Å². The van der Waals surface area contributed by atoms with E-state index in [9.17, 15) is 10.1 Å². The Morgan fingerprint density at radius 1 is 1.25 bits per heavy atom. The number of nitro benzene ring substituents is 1. The summed E-state index contributed by atoms with van der Waals surface area (Å²) < 4.78 is 0. The van der Waals surface area contributed by atoms with Gasteiger partial charge in [-0.15, -0.1) is 0 Å². The smallest absolute Gasteiger partial charge is 0.274 e. The van der Waals surface area contributed by atoms with Gasteiger partial charge in [0.15, 0.2) is 0 Å². The number of hydrogen-bond donors (Lipinski definition) is 1. The molecule has 6 heteroatoms. The molecule has 0 spiro atoms. The van der Waals surface area contributed by atoms with Crippen molar-refractivity contribution in [3.05, 3.63) is 33.9 Å². The van der Waals surface area contributed by atoms with Crippen LogP contribution in [0, 0.1) is 17.0 Å². The monoisotopic (exact) mass is 276 g/mol.